The van der Waals surface area contributed by atoms with Crippen LogP contribution in [0.3, 0.4) is 0 Å². The summed E-state index contributed by atoms with van der Waals surface area (Å²) in [7, 11) is 1.66. The Morgan fingerprint density at radius 2 is 1.75 bits per heavy atom. The Hall–Kier alpha value is -3.16. The lowest BCUT2D eigenvalue weighted by molar-refractivity contribution is 0.410. The number of ether oxygens (including phenoxy) is 1. The minimum Gasteiger partial charge on any atom is -0.497 e. The molecule has 7 nitrogen and oxygen atoms in total. The summed E-state index contributed by atoms with van der Waals surface area (Å²) in [6, 6.07) is 12.6. The number of imidazole rings is 1. The van der Waals surface area contributed by atoms with Crippen LogP contribution in [0.25, 0.3) is 28.2 Å². The quantitative estimate of drug-likeness (QED) is 0.455. The third-order valence-electron chi connectivity index (χ3n) is 6.02. The monoisotopic (exact) mass is 448 g/mol. The van der Waals surface area contributed by atoms with Gasteiger partial charge in [-0.15, -0.1) is 0 Å². The van der Waals surface area contributed by atoms with Gasteiger partial charge in [-0.25, -0.2) is 15.0 Å². The third kappa shape index (κ3) is 4.13. The molecule has 1 aliphatic rings. The van der Waals surface area contributed by atoms with Crippen molar-refractivity contribution >= 4 is 23.2 Å². The van der Waals surface area contributed by atoms with Crippen molar-refractivity contribution in [1.82, 2.24) is 19.4 Å². The van der Waals surface area contributed by atoms with Crippen LogP contribution in [0.15, 0.2) is 55.0 Å². The average Bonchev–Trinajstić information content (AvgIpc) is 3.25. The van der Waals surface area contributed by atoms with Gasteiger partial charge >= 0.3 is 0 Å². The molecule has 0 aliphatic heterocycles. The van der Waals surface area contributed by atoms with Gasteiger partial charge in [0.25, 0.3) is 0 Å². The fourth-order valence-corrected chi connectivity index (χ4v) is 4.36. The minimum atomic E-state index is 0.299. The molecule has 164 valence electrons. The summed E-state index contributed by atoms with van der Waals surface area (Å²) in [6.45, 7) is 0. The van der Waals surface area contributed by atoms with Gasteiger partial charge in [-0.05, 0) is 61.1 Å². The molecule has 0 amide bonds. The first-order chi connectivity index (χ1) is 15.6. The Morgan fingerprint density at radius 1 is 1.00 bits per heavy atom. The van der Waals surface area contributed by atoms with Crippen molar-refractivity contribution in [3.8, 4) is 28.3 Å². The van der Waals surface area contributed by atoms with Gasteiger partial charge < -0.3 is 15.8 Å². The molecule has 8 heteroatoms. The van der Waals surface area contributed by atoms with Crippen LogP contribution >= 0.6 is 11.6 Å². The summed E-state index contributed by atoms with van der Waals surface area (Å²) in [5.74, 6) is 1.40. The number of rotatable bonds is 5. The number of nitrogens with one attached hydrogen (secondary N) is 1. The molecule has 1 aromatic carbocycles. The largest absolute Gasteiger partial charge is 0.497 e. The number of halogens is 1. The molecule has 5 rings (SSSR count). The van der Waals surface area contributed by atoms with Crippen molar-refractivity contribution in [2.45, 2.75) is 37.8 Å². The van der Waals surface area contributed by atoms with E-state index in [0.29, 0.717) is 28.7 Å². The van der Waals surface area contributed by atoms with Crippen molar-refractivity contribution in [3.05, 3.63) is 60.0 Å². The summed E-state index contributed by atoms with van der Waals surface area (Å²) >= 11 is 6.52. The topological polar surface area (TPSA) is 90.4 Å². The van der Waals surface area contributed by atoms with Crippen molar-refractivity contribution in [3.63, 3.8) is 0 Å². The Morgan fingerprint density at radius 3 is 2.50 bits per heavy atom. The smallest absolute Gasteiger partial charge is 0.223 e. The highest BCUT2D eigenvalue weighted by molar-refractivity contribution is 6.32. The maximum atomic E-state index is 6.52. The van der Waals surface area contributed by atoms with E-state index in [1.165, 1.54) is 0 Å². The molecule has 4 aromatic rings. The normalized spacial score (nSPS) is 18.6. The first kappa shape index (κ1) is 20.7. The minimum absolute atomic E-state index is 0.299. The Kier molecular flexibility index (Phi) is 5.68. The zero-order chi connectivity index (χ0) is 22.1. The van der Waals surface area contributed by atoms with Crippen LogP contribution in [0.1, 0.15) is 25.7 Å². The molecule has 3 aromatic heterocycles. The van der Waals surface area contributed by atoms with Crippen LogP contribution in [-0.2, 0) is 0 Å². The molecule has 1 saturated carbocycles. The van der Waals surface area contributed by atoms with Gasteiger partial charge in [-0.1, -0.05) is 23.7 Å². The summed E-state index contributed by atoms with van der Waals surface area (Å²) < 4.78 is 7.28. The molecule has 3 heterocycles. The van der Waals surface area contributed by atoms with Crippen LogP contribution < -0.4 is 15.8 Å². The summed E-state index contributed by atoms with van der Waals surface area (Å²) in [5, 5.41) is 3.93. The molecule has 1 fully saturated rings. The molecule has 0 bridgehead atoms. The second-order valence-corrected chi connectivity index (χ2v) is 8.57. The molecular formula is C24H25ClN6O. The first-order valence-corrected chi connectivity index (χ1v) is 11.1. The molecular weight excluding hydrogens is 424 g/mol. The zero-order valence-corrected chi connectivity index (χ0v) is 18.6. The molecule has 32 heavy (non-hydrogen) atoms. The van der Waals surface area contributed by atoms with Crippen LogP contribution in [0.2, 0.25) is 5.02 Å². The van der Waals surface area contributed by atoms with E-state index < -0.39 is 0 Å². The second kappa shape index (κ2) is 8.76. The van der Waals surface area contributed by atoms with E-state index in [4.69, 9.17) is 27.1 Å². The fourth-order valence-electron chi connectivity index (χ4n) is 4.17. The predicted molar refractivity (Wildman–Crippen MR) is 127 cm³/mol. The van der Waals surface area contributed by atoms with Gasteiger partial charge in [0.2, 0.25) is 5.95 Å². The van der Waals surface area contributed by atoms with E-state index in [1.807, 2.05) is 40.9 Å². The van der Waals surface area contributed by atoms with Gasteiger partial charge in [0.15, 0.2) is 0 Å². The summed E-state index contributed by atoms with van der Waals surface area (Å²) in [6.07, 6.45) is 9.55. The van der Waals surface area contributed by atoms with Gasteiger partial charge in [0.05, 0.1) is 30.2 Å². The summed E-state index contributed by atoms with van der Waals surface area (Å²) in [5.41, 5.74) is 10.5. The Bertz CT molecular complexity index is 1230. The van der Waals surface area contributed by atoms with Crippen LogP contribution in [0.4, 0.5) is 5.95 Å². The molecule has 3 N–H and O–H groups in total. The maximum absolute atomic E-state index is 6.52. The van der Waals surface area contributed by atoms with E-state index in [9.17, 15) is 0 Å². The number of benzene rings is 1. The Balaban J connectivity index is 1.48. The van der Waals surface area contributed by atoms with Gasteiger partial charge in [-0.2, -0.15) is 0 Å². The molecule has 0 unspecified atom stereocenters. The van der Waals surface area contributed by atoms with Crippen molar-refractivity contribution in [1.29, 1.82) is 0 Å². The predicted octanol–water partition coefficient (Wildman–Crippen LogP) is 4.80. The molecule has 1 aliphatic carbocycles. The van der Waals surface area contributed by atoms with Crippen molar-refractivity contribution in [2.24, 2.45) is 5.73 Å². The van der Waals surface area contributed by atoms with E-state index in [0.717, 1.165) is 53.9 Å². The number of nitrogens with zero attached hydrogens (tertiary/aromatic N) is 4. The number of hydrogen-bond acceptors (Lipinski definition) is 6. The third-order valence-corrected chi connectivity index (χ3v) is 6.30. The zero-order valence-electron chi connectivity index (χ0n) is 17.8. The molecule has 0 saturated heterocycles. The lowest BCUT2D eigenvalue weighted by Crippen LogP contribution is -2.33. The van der Waals surface area contributed by atoms with Gasteiger partial charge in [0.1, 0.15) is 17.1 Å². The fraction of sp³-hybridized carbons (Fsp3) is 0.292. The first-order valence-electron chi connectivity index (χ1n) is 10.8. The van der Waals surface area contributed by atoms with Crippen molar-refractivity contribution in [2.75, 3.05) is 12.4 Å². The number of methoxy groups -OCH3 is 1. The number of fused-ring (bicyclic) bond motifs is 1. The van der Waals surface area contributed by atoms with Crippen LogP contribution in [0.5, 0.6) is 5.75 Å². The SMILES string of the molecule is COc1ccc(-c2ccc3ncc(-c4nc(N[C@H]5CC[C@H](N)CC5)ncc4Cl)n3c2)cc1. The number of anilines is 1. The second-order valence-electron chi connectivity index (χ2n) is 8.16. The molecule has 0 spiro atoms. The van der Waals surface area contributed by atoms with E-state index in [2.05, 4.69) is 21.4 Å². The highest BCUT2D eigenvalue weighted by Gasteiger charge is 2.20. The van der Waals surface area contributed by atoms with E-state index >= 15 is 0 Å². The standard InChI is InChI=1S/C24H25ClN6O/c1-32-19-9-2-15(3-10-19)16-4-11-22-27-13-21(31(22)14-16)23-20(25)12-28-24(30-23)29-18-7-5-17(26)6-8-18/h2-4,9-14,17-18H,5-8,26H2,1H3,(H,28,29,30)/t17-,18-. The highest BCUT2D eigenvalue weighted by atomic mass is 35.5. The molecule has 0 atom stereocenters. The van der Waals surface area contributed by atoms with Gasteiger partial charge in [0, 0.05) is 18.3 Å². The maximum Gasteiger partial charge on any atom is 0.223 e. The lowest BCUT2D eigenvalue weighted by Gasteiger charge is -2.26. The number of nitrogens with two attached hydrogens (primary N) is 1. The van der Waals surface area contributed by atoms with E-state index in [1.54, 1.807) is 19.5 Å². The van der Waals surface area contributed by atoms with E-state index in [-0.39, 0.29) is 0 Å². The van der Waals surface area contributed by atoms with Crippen LogP contribution in [0, 0.1) is 0 Å². The average molecular weight is 449 g/mol. The number of hydrogen-bond donors (Lipinski definition) is 2. The number of pyridine rings is 1. The van der Waals surface area contributed by atoms with Gasteiger partial charge in [-0.3, -0.25) is 4.40 Å². The molecule has 0 radical (unpaired) electrons. The summed E-state index contributed by atoms with van der Waals surface area (Å²) in [4.78, 5) is 13.7. The van der Waals surface area contributed by atoms with Crippen LogP contribution in [-0.4, -0.2) is 38.5 Å². The lowest BCUT2D eigenvalue weighted by atomic mass is 9.92. The van der Waals surface area contributed by atoms with Crippen molar-refractivity contribution < 1.29 is 4.74 Å². The number of aromatic nitrogens is 4. The highest BCUT2D eigenvalue weighted by Crippen LogP contribution is 2.30. The Labute approximate surface area is 191 Å².